The average Bonchev–Trinajstić information content (AvgIpc) is 2.86. The van der Waals surface area contributed by atoms with Gasteiger partial charge in [0.05, 0.1) is 35.7 Å². The van der Waals surface area contributed by atoms with Gasteiger partial charge in [0.15, 0.2) is 0 Å². The fourth-order valence-electron chi connectivity index (χ4n) is 4.86. The predicted molar refractivity (Wildman–Crippen MR) is 144 cm³/mol. The van der Waals surface area contributed by atoms with E-state index in [-0.39, 0.29) is 28.9 Å². The van der Waals surface area contributed by atoms with Gasteiger partial charge in [0.2, 0.25) is 0 Å². The molecular formula is C29H35N3O6. The van der Waals surface area contributed by atoms with Gasteiger partial charge in [0.1, 0.15) is 0 Å². The van der Waals surface area contributed by atoms with E-state index in [1.807, 2.05) is 39.1 Å². The fraction of sp³-hybridized carbons (Fsp3) is 0.379. The number of ether oxygens (including phenoxy) is 2. The van der Waals surface area contributed by atoms with E-state index in [9.17, 15) is 19.7 Å². The van der Waals surface area contributed by atoms with Gasteiger partial charge in [0.25, 0.3) is 5.69 Å². The average molecular weight is 522 g/mol. The molecule has 202 valence electrons. The molecule has 0 aliphatic carbocycles. The molecule has 1 aliphatic heterocycles. The molecule has 0 spiro atoms. The third-order valence-electron chi connectivity index (χ3n) is 6.39. The molecule has 1 aliphatic rings. The first-order chi connectivity index (χ1) is 17.9. The molecule has 0 fully saturated rings. The minimum atomic E-state index is -0.889. The first-order valence-corrected chi connectivity index (χ1v) is 12.3. The number of nitrogens with one attached hydrogen (secondary N) is 1. The minimum Gasteiger partial charge on any atom is -0.466 e. The van der Waals surface area contributed by atoms with Crippen LogP contribution in [0.2, 0.25) is 0 Å². The van der Waals surface area contributed by atoms with Crippen molar-refractivity contribution >= 4 is 17.6 Å². The summed E-state index contributed by atoms with van der Waals surface area (Å²) >= 11 is 0. The number of non-ortho nitro benzene ring substituents is 1. The van der Waals surface area contributed by atoms with Crippen LogP contribution in [0, 0.1) is 15.5 Å². The van der Waals surface area contributed by atoms with E-state index < -0.39 is 22.8 Å². The van der Waals surface area contributed by atoms with Crippen molar-refractivity contribution in [3.8, 4) is 0 Å². The van der Waals surface area contributed by atoms with Gasteiger partial charge in [-0.2, -0.15) is 0 Å². The number of nitro groups is 1. The van der Waals surface area contributed by atoms with Crippen LogP contribution in [0.25, 0.3) is 0 Å². The van der Waals surface area contributed by atoms with Crippen molar-refractivity contribution in [2.45, 2.75) is 40.2 Å². The van der Waals surface area contributed by atoms with Crippen LogP contribution in [0.4, 0.5) is 5.69 Å². The highest BCUT2D eigenvalue weighted by molar-refractivity contribution is 5.99. The summed E-state index contributed by atoms with van der Waals surface area (Å²) in [4.78, 5) is 39.5. The lowest BCUT2D eigenvalue weighted by Gasteiger charge is -2.32. The molecule has 38 heavy (non-hydrogen) atoms. The van der Waals surface area contributed by atoms with E-state index in [0.29, 0.717) is 23.5 Å². The molecule has 0 unspecified atom stereocenters. The van der Waals surface area contributed by atoms with E-state index in [4.69, 9.17) is 9.47 Å². The summed E-state index contributed by atoms with van der Waals surface area (Å²) in [7, 11) is 3.27. The van der Waals surface area contributed by atoms with Crippen molar-refractivity contribution in [1.29, 1.82) is 0 Å². The number of dihydropyridines is 1. The predicted octanol–water partition coefficient (Wildman–Crippen LogP) is 4.70. The SMILES string of the molecule is COC(=O)C1=C(C)NC(C)=C(C(=O)OCC(C)(C)CN(C)Cc2ccccc2)[C@H]1c1cccc([N+](=O)[O-])c1. The molecule has 9 heteroatoms. The van der Waals surface area contributed by atoms with E-state index in [1.54, 1.807) is 19.9 Å². The lowest BCUT2D eigenvalue weighted by molar-refractivity contribution is -0.384. The van der Waals surface area contributed by atoms with Crippen molar-refractivity contribution < 1.29 is 24.0 Å². The first kappa shape index (κ1) is 28.6. The van der Waals surface area contributed by atoms with E-state index >= 15 is 0 Å². The van der Waals surface area contributed by atoms with Crippen LogP contribution in [-0.2, 0) is 25.6 Å². The second kappa shape index (κ2) is 12.0. The van der Waals surface area contributed by atoms with E-state index in [0.717, 1.165) is 6.54 Å². The normalized spacial score (nSPS) is 15.8. The summed E-state index contributed by atoms with van der Waals surface area (Å²) in [6, 6.07) is 16.0. The summed E-state index contributed by atoms with van der Waals surface area (Å²) in [5.41, 5.74) is 2.53. The number of nitrogens with zero attached hydrogens (tertiary/aromatic N) is 2. The zero-order valence-corrected chi connectivity index (χ0v) is 22.7. The van der Waals surface area contributed by atoms with Gasteiger partial charge in [-0.1, -0.05) is 56.3 Å². The first-order valence-electron chi connectivity index (χ1n) is 12.3. The number of carbonyl (C=O) groups excluding carboxylic acids is 2. The van der Waals surface area contributed by atoms with Crippen LogP contribution < -0.4 is 5.32 Å². The molecule has 2 aromatic rings. The Morgan fingerprint density at radius 3 is 2.26 bits per heavy atom. The molecule has 1 heterocycles. The van der Waals surface area contributed by atoms with Gasteiger partial charge in [-0.25, -0.2) is 9.59 Å². The standard InChI is InChI=1S/C29H35N3O6/c1-19-24(27(33)37-6)26(22-13-10-14-23(15-22)32(35)36)25(20(2)30-19)28(34)38-18-29(3,4)17-31(5)16-21-11-8-7-9-12-21/h7-15,26,30H,16-18H2,1-6H3/t26-/m0/s1. The number of allylic oxidation sites excluding steroid dienone is 2. The van der Waals surface area contributed by atoms with Crippen LogP contribution in [0.15, 0.2) is 77.1 Å². The molecule has 9 nitrogen and oxygen atoms in total. The Morgan fingerprint density at radius 1 is 1.03 bits per heavy atom. The smallest absolute Gasteiger partial charge is 0.336 e. The van der Waals surface area contributed by atoms with E-state index in [1.165, 1.54) is 30.9 Å². The topological polar surface area (TPSA) is 111 Å². The second-order valence-electron chi connectivity index (χ2n) is 10.4. The number of methoxy groups -OCH3 is 1. The van der Waals surface area contributed by atoms with Gasteiger partial charge in [-0.15, -0.1) is 0 Å². The molecule has 0 amide bonds. The van der Waals surface area contributed by atoms with Gasteiger partial charge in [0, 0.05) is 42.0 Å². The maximum Gasteiger partial charge on any atom is 0.336 e. The van der Waals surface area contributed by atoms with Crippen molar-refractivity contribution in [3.05, 3.63) is 98.4 Å². The number of carbonyl (C=O) groups is 2. The molecule has 0 saturated heterocycles. The lowest BCUT2D eigenvalue weighted by atomic mass is 9.80. The molecule has 1 N–H and O–H groups in total. The molecule has 0 aromatic heterocycles. The van der Waals surface area contributed by atoms with Crippen LogP contribution in [0.3, 0.4) is 0 Å². The van der Waals surface area contributed by atoms with Gasteiger partial charge in [-0.05, 0) is 32.0 Å². The van der Waals surface area contributed by atoms with Crippen molar-refractivity contribution in [2.24, 2.45) is 5.41 Å². The third-order valence-corrected chi connectivity index (χ3v) is 6.39. The zero-order chi connectivity index (χ0) is 28.0. The summed E-state index contributed by atoms with van der Waals surface area (Å²) in [5, 5.41) is 14.5. The summed E-state index contributed by atoms with van der Waals surface area (Å²) < 4.78 is 10.8. The van der Waals surface area contributed by atoms with Crippen molar-refractivity contribution in [3.63, 3.8) is 0 Å². The number of nitro benzene ring substituents is 1. The second-order valence-corrected chi connectivity index (χ2v) is 10.4. The number of benzene rings is 2. The largest absolute Gasteiger partial charge is 0.466 e. The number of rotatable bonds is 10. The Morgan fingerprint density at radius 2 is 1.66 bits per heavy atom. The Hall–Kier alpha value is -3.98. The minimum absolute atomic E-state index is 0.139. The summed E-state index contributed by atoms with van der Waals surface area (Å²) in [6.45, 7) is 9.03. The summed E-state index contributed by atoms with van der Waals surface area (Å²) in [6.07, 6.45) is 0. The quantitative estimate of drug-likeness (QED) is 0.272. The molecular weight excluding hydrogens is 486 g/mol. The Labute approximate surface area is 223 Å². The summed E-state index contributed by atoms with van der Waals surface area (Å²) in [5.74, 6) is -2.12. The molecule has 0 bridgehead atoms. The van der Waals surface area contributed by atoms with Crippen molar-refractivity contribution in [2.75, 3.05) is 27.3 Å². The molecule has 3 rings (SSSR count). The highest BCUT2D eigenvalue weighted by Gasteiger charge is 2.39. The monoisotopic (exact) mass is 521 g/mol. The van der Waals surface area contributed by atoms with Crippen LogP contribution in [0.1, 0.15) is 44.7 Å². The van der Waals surface area contributed by atoms with Gasteiger partial charge in [-0.3, -0.25) is 10.1 Å². The van der Waals surface area contributed by atoms with Crippen LogP contribution in [-0.4, -0.2) is 49.1 Å². The highest BCUT2D eigenvalue weighted by atomic mass is 16.6. The Bertz CT molecular complexity index is 1270. The van der Waals surface area contributed by atoms with Crippen LogP contribution in [0.5, 0.6) is 0 Å². The Balaban J connectivity index is 1.85. The highest BCUT2D eigenvalue weighted by Crippen LogP contribution is 2.40. The maximum atomic E-state index is 13.6. The molecule has 1 atom stereocenters. The molecule has 2 aromatic carbocycles. The van der Waals surface area contributed by atoms with Crippen molar-refractivity contribution in [1.82, 2.24) is 10.2 Å². The Kier molecular flexibility index (Phi) is 9.06. The number of hydrogen-bond acceptors (Lipinski definition) is 8. The molecule has 0 saturated carbocycles. The number of esters is 2. The van der Waals surface area contributed by atoms with Gasteiger partial charge >= 0.3 is 11.9 Å². The molecule has 0 radical (unpaired) electrons. The third kappa shape index (κ3) is 6.86. The van der Waals surface area contributed by atoms with E-state index in [2.05, 4.69) is 22.3 Å². The van der Waals surface area contributed by atoms with Crippen LogP contribution >= 0.6 is 0 Å². The lowest BCUT2D eigenvalue weighted by Crippen LogP contribution is -2.37. The van der Waals surface area contributed by atoms with Gasteiger partial charge < -0.3 is 19.7 Å². The number of hydrogen-bond donors (Lipinski definition) is 1. The maximum absolute atomic E-state index is 13.6. The zero-order valence-electron chi connectivity index (χ0n) is 22.7. The fourth-order valence-corrected chi connectivity index (χ4v) is 4.86.